The van der Waals surface area contributed by atoms with Gasteiger partial charge in [-0.3, -0.25) is 0 Å². The van der Waals surface area contributed by atoms with Gasteiger partial charge in [-0.2, -0.15) is 0 Å². The summed E-state index contributed by atoms with van der Waals surface area (Å²) in [6, 6.07) is 8.21. The Kier molecular flexibility index (Phi) is 3.88. The Morgan fingerprint density at radius 1 is 1.33 bits per heavy atom. The molecule has 1 N–H and O–H groups in total. The molecule has 0 aromatic heterocycles. The lowest BCUT2D eigenvalue weighted by Gasteiger charge is -2.13. The summed E-state index contributed by atoms with van der Waals surface area (Å²) in [4.78, 5) is 0. The second kappa shape index (κ2) is 5.82. The SMILES string of the molecule is COc1cc(F)ccc1NCc1cc(Cl)cc2c1OCC2. The normalized spacial score (nSPS) is 12.7. The van der Waals surface area contributed by atoms with Crippen LogP contribution in [0, 0.1) is 5.82 Å². The van der Waals surface area contributed by atoms with Gasteiger partial charge in [0.05, 0.1) is 19.4 Å². The molecule has 1 heterocycles. The molecule has 2 aromatic carbocycles. The highest BCUT2D eigenvalue weighted by atomic mass is 35.5. The molecule has 3 rings (SSSR count). The van der Waals surface area contributed by atoms with Crippen LogP contribution in [0.4, 0.5) is 10.1 Å². The van der Waals surface area contributed by atoms with Crippen molar-refractivity contribution in [3.63, 3.8) is 0 Å². The summed E-state index contributed by atoms with van der Waals surface area (Å²) in [5.74, 6) is 1.03. The fourth-order valence-corrected chi connectivity index (χ4v) is 2.74. The molecule has 0 aliphatic carbocycles. The van der Waals surface area contributed by atoms with E-state index in [-0.39, 0.29) is 5.82 Å². The number of hydrogen-bond donors (Lipinski definition) is 1. The van der Waals surface area contributed by atoms with Crippen LogP contribution in [0.5, 0.6) is 11.5 Å². The molecule has 5 heteroatoms. The standard InChI is InChI=1S/C16H15ClFNO2/c1-20-15-8-13(18)2-3-14(15)19-9-11-7-12(17)6-10-4-5-21-16(10)11/h2-3,6-8,19H,4-5,9H2,1H3. The van der Waals surface area contributed by atoms with Crippen LogP contribution in [-0.2, 0) is 13.0 Å². The fraction of sp³-hybridized carbons (Fsp3) is 0.250. The molecule has 0 saturated heterocycles. The zero-order valence-electron chi connectivity index (χ0n) is 11.6. The molecule has 0 unspecified atom stereocenters. The van der Waals surface area contributed by atoms with Crippen molar-refractivity contribution in [1.82, 2.24) is 0 Å². The van der Waals surface area contributed by atoms with Crippen LogP contribution in [0.25, 0.3) is 0 Å². The Morgan fingerprint density at radius 3 is 3.00 bits per heavy atom. The van der Waals surface area contributed by atoms with E-state index in [2.05, 4.69) is 5.32 Å². The van der Waals surface area contributed by atoms with E-state index in [1.165, 1.54) is 19.2 Å². The van der Waals surface area contributed by atoms with Crippen LogP contribution in [0.1, 0.15) is 11.1 Å². The van der Waals surface area contributed by atoms with Crippen LogP contribution in [-0.4, -0.2) is 13.7 Å². The first-order valence-corrected chi connectivity index (χ1v) is 7.06. The minimum atomic E-state index is -0.329. The first-order chi connectivity index (χ1) is 10.2. The van der Waals surface area contributed by atoms with Crippen LogP contribution in [0.15, 0.2) is 30.3 Å². The highest BCUT2D eigenvalue weighted by molar-refractivity contribution is 6.30. The number of ether oxygens (including phenoxy) is 2. The fourth-order valence-electron chi connectivity index (χ4n) is 2.48. The first kappa shape index (κ1) is 14.0. The number of benzene rings is 2. The van der Waals surface area contributed by atoms with Gasteiger partial charge < -0.3 is 14.8 Å². The second-order valence-electron chi connectivity index (χ2n) is 4.85. The molecular weight excluding hydrogens is 293 g/mol. The molecule has 21 heavy (non-hydrogen) atoms. The largest absolute Gasteiger partial charge is 0.494 e. The number of methoxy groups -OCH3 is 1. The topological polar surface area (TPSA) is 30.5 Å². The number of halogens is 2. The van der Waals surface area contributed by atoms with E-state index in [0.29, 0.717) is 23.9 Å². The maximum atomic E-state index is 13.2. The summed E-state index contributed by atoms with van der Waals surface area (Å²) >= 11 is 6.13. The van der Waals surface area contributed by atoms with Crippen molar-refractivity contribution in [1.29, 1.82) is 0 Å². The Hall–Kier alpha value is -1.94. The molecule has 0 spiro atoms. The lowest BCUT2D eigenvalue weighted by atomic mass is 10.1. The average molecular weight is 308 g/mol. The van der Waals surface area contributed by atoms with E-state index >= 15 is 0 Å². The summed E-state index contributed by atoms with van der Waals surface area (Å²) in [5, 5.41) is 3.93. The molecule has 3 nitrogen and oxygen atoms in total. The van der Waals surface area contributed by atoms with Crippen LogP contribution in [0.3, 0.4) is 0 Å². The molecule has 2 aromatic rings. The zero-order valence-corrected chi connectivity index (χ0v) is 12.3. The van der Waals surface area contributed by atoms with Crippen LogP contribution < -0.4 is 14.8 Å². The summed E-state index contributed by atoms with van der Waals surface area (Å²) in [5.41, 5.74) is 2.84. The average Bonchev–Trinajstić information content (AvgIpc) is 2.93. The van der Waals surface area contributed by atoms with Gasteiger partial charge in [0, 0.05) is 29.6 Å². The molecule has 0 fully saturated rings. The minimum Gasteiger partial charge on any atom is -0.494 e. The van der Waals surface area contributed by atoms with E-state index in [0.717, 1.165) is 29.0 Å². The van der Waals surface area contributed by atoms with E-state index < -0.39 is 0 Å². The smallest absolute Gasteiger partial charge is 0.144 e. The van der Waals surface area contributed by atoms with E-state index in [1.54, 1.807) is 6.07 Å². The van der Waals surface area contributed by atoms with Gasteiger partial charge in [-0.05, 0) is 29.8 Å². The van der Waals surface area contributed by atoms with Gasteiger partial charge in [0.25, 0.3) is 0 Å². The number of nitrogens with one attached hydrogen (secondary N) is 1. The molecule has 110 valence electrons. The third-order valence-corrected chi connectivity index (χ3v) is 3.68. The van der Waals surface area contributed by atoms with Gasteiger partial charge in [-0.1, -0.05) is 11.6 Å². The lowest BCUT2D eigenvalue weighted by molar-refractivity contribution is 0.354. The monoisotopic (exact) mass is 307 g/mol. The molecule has 0 amide bonds. The number of rotatable bonds is 4. The minimum absolute atomic E-state index is 0.329. The van der Waals surface area contributed by atoms with Crippen molar-refractivity contribution in [2.45, 2.75) is 13.0 Å². The van der Waals surface area contributed by atoms with Gasteiger partial charge in [0.15, 0.2) is 0 Å². The lowest BCUT2D eigenvalue weighted by Crippen LogP contribution is -2.03. The van der Waals surface area contributed by atoms with E-state index in [1.807, 2.05) is 12.1 Å². The third-order valence-electron chi connectivity index (χ3n) is 3.46. The van der Waals surface area contributed by atoms with Crippen molar-refractivity contribution in [2.75, 3.05) is 19.0 Å². The predicted molar refractivity (Wildman–Crippen MR) is 80.9 cm³/mol. The van der Waals surface area contributed by atoms with Gasteiger partial charge in [0.2, 0.25) is 0 Å². The van der Waals surface area contributed by atoms with Crippen LogP contribution >= 0.6 is 11.6 Å². The van der Waals surface area contributed by atoms with E-state index in [4.69, 9.17) is 21.1 Å². The van der Waals surface area contributed by atoms with Gasteiger partial charge in [-0.25, -0.2) is 4.39 Å². The van der Waals surface area contributed by atoms with Crippen LogP contribution in [0.2, 0.25) is 5.02 Å². The Morgan fingerprint density at radius 2 is 2.19 bits per heavy atom. The Labute approximate surface area is 127 Å². The highest BCUT2D eigenvalue weighted by Gasteiger charge is 2.17. The summed E-state index contributed by atoms with van der Waals surface area (Å²) in [7, 11) is 1.51. The maximum absolute atomic E-state index is 13.2. The molecular formula is C16H15ClFNO2. The highest BCUT2D eigenvalue weighted by Crippen LogP contribution is 2.34. The van der Waals surface area contributed by atoms with E-state index in [9.17, 15) is 4.39 Å². The molecule has 0 saturated carbocycles. The Bertz CT molecular complexity index is 676. The van der Waals surface area contributed by atoms with Crippen molar-refractivity contribution in [3.8, 4) is 11.5 Å². The first-order valence-electron chi connectivity index (χ1n) is 6.69. The van der Waals surface area contributed by atoms with Gasteiger partial charge in [0.1, 0.15) is 17.3 Å². The molecule has 1 aliphatic rings. The molecule has 0 radical (unpaired) electrons. The predicted octanol–water partition coefficient (Wildman–Crippen LogP) is 4.03. The maximum Gasteiger partial charge on any atom is 0.144 e. The van der Waals surface area contributed by atoms with Crippen molar-refractivity contribution in [3.05, 3.63) is 52.3 Å². The molecule has 0 bridgehead atoms. The molecule has 0 atom stereocenters. The zero-order chi connectivity index (χ0) is 14.8. The van der Waals surface area contributed by atoms with Gasteiger partial charge >= 0.3 is 0 Å². The quantitative estimate of drug-likeness (QED) is 0.925. The number of anilines is 1. The third kappa shape index (κ3) is 2.90. The van der Waals surface area contributed by atoms with Crippen molar-refractivity contribution < 1.29 is 13.9 Å². The van der Waals surface area contributed by atoms with Crippen molar-refractivity contribution in [2.24, 2.45) is 0 Å². The number of fused-ring (bicyclic) bond motifs is 1. The summed E-state index contributed by atoms with van der Waals surface area (Å²) < 4.78 is 24.0. The van der Waals surface area contributed by atoms with Gasteiger partial charge in [-0.15, -0.1) is 0 Å². The van der Waals surface area contributed by atoms with Crippen molar-refractivity contribution >= 4 is 17.3 Å². The number of hydrogen-bond acceptors (Lipinski definition) is 3. The Balaban J connectivity index is 1.83. The summed E-state index contributed by atoms with van der Waals surface area (Å²) in [6.07, 6.45) is 0.878. The summed E-state index contributed by atoms with van der Waals surface area (Å²) in [6.45, 7) is 1.22. The molecule has 1 aliphatic heterocycles. The second-order valence-corrected chi connectivity index (χ2v) is 5.29.